The summed E-state index contributed by atoms with van der Waals surface area (Å²) in [5.74, 6) is 0.584. The maximum Gasteiger partial charge on any atom is 0.157 e. The van der Waals surface area contributed by atoms with E-state index in [2.05, 4.69) is 63.0 Å². The van der Waals surface area contributed by atoms with E-state index >= 15 is 0 Å². The van der Waals surface area contributed by atoms with Crippen LogP contribution >= 0.6 is 11.3 Å². The lowest BCUT2D eigenvalue weighted by Gasteiger charge is -2.29. The van der Waals surface area contributed by atoms with Crippen molar-refractivity contribution in [1.29, 1.82) is 0 Å². The van der Waals surface area contributed by atoms with Gasteiger partial charge in [0.1, 0.15) is 5.82 Å². The molecule has 182 valence electrons. The van der Waals surface area contributed by atoms with Crippen LogP contribution in [0.3, 0.4) is 0 Å². The molecule has 1 fully saturated rings. The Morgan fingerprint density at radius 3 is 2.71 bits per heavy atom. The molecule has 8 heteroatoms. The van der Waals surface area contributed by atoms with Crippen molar-refractivity contribution in [2.75, 3.05) is 43.6 Å². The Bertz CT molecular complexity index is 1330. The highest BCUT2D eigenvalue weighted by molar-refractivity contribution is 7.15. The van der Waals surface area contributed by atoms with Crippen molar-refractivity contribution in [2.45, 2.75) is 26.4 Å². The number of ether oxygens (including phenoxy) is 1. The van der Waals surface area contributed by atoms with E-state index < -0.39 is 0 Å². The molecule has 0 spiro atoms. The zero-order valence-electron chi connectivity index (χ0n) is 20.3. The van der Waals surface area contributed by atoms with Crippen LogP contribution in [0.1, 0.15) is 29.1 Å². The molecule has 4 aromatic rings. The molecule has 35 heavy (non-hydrogen) atoms. The second-order valence-corrected chi connectivity index (χ2v) is 9.94. The van der Waals surface area contributed by atoms with Crippen LogP contribution in [0.2, 0.25) is 0 Å². The third-order valence-electron chi connectivity index (χ3n) is 6.47. The number of nitrogens with zero attached hydrogens (tertiary/aromatic N) is 3. The molecule has 2 aromatic heterocycles. The van der Waals surface area contributed by atoms with Gasteiger partial charge in [0.25, 0.3) is 0 Å². The molecule has 2 aromatic carbocycles. The van der Waals surface area contributed by atoms with Gasteiger partial charge in [-0.05, 0) is 56.8 Å². The highest BCUT2D eigenvalue weighted by Crippen LogP contribution is 2.36. The van der Waals surface area contributed by atoms with Crippen LogP contribution in [0, 0.1) is 12.7 Å². The zero-order valence-corrected chi connectivity index (χ0v) is 21.1. The van der Waals surface area contributed by atoms with Gasteiger partial charge in [-0.15, -0.1) is 16.4 Å². The van der Waals surface area contributed by atoms with Gasteiger partial charge >= 0.3 is 0 Å². The highest BCUT2D eigenvalue weighted by atomic mass is 32.1. The molecule has 5 rings (SSSR count). The first-order valence-electron chi connectivity index (χ1n) is 11.9. The van der Waals surface area contributed by atoms with Crippen LogP contribution in [0.5, 0.6) is 0 Å². The number of morpholine rings is 1. The van der Waals surface area contributed by atoms with Gasteiger partial charge in [-0.3, -0.25) is 0 Å². The van der Waals surface area contributed by atoms with Gasteiger partial charge in [0.2, 0.25) is 0 Å². The number of hydrogen-bond donors (Lipinski definition) is 2. The number of fused-ring (bicyclic) bond motifs is 1. The number of rotatable bonds is 7. The van der Waals surface area contributed by atoms with E-state index in [0.29, 0.717) is 12.1 Å². The van der Waals surface area contributed by atoms with Gasteiger partial charge in [-0.2, -0.15) is 5.10 Å². The molecule has 1 aliphatic rings. The molecular weight excluding hydrogens is 461 g/mol. The van der Waals surface area contributed by atoms with Gasteiger partial charge in [0.05, 0.1) is 24.9 Å². The molecule has 1 aliphatic heterocycles. The number of aromatic nitrogens is 2. The van der Waals surface area contributed by atoms with E-state index in [-0.39, 0.29) is 11.9 Å². The van der Waals surface area contributed by atoms with Gasteiger partial charge in [0, 0.05) is 51.4 Å². The van der Waals surface area contributed by atoms with E-state index in [0.717, 1.165) is 63.9 Å². The fourth-order valence-corrected chi connectivity index (χ4v) is 5.62. The number of aryl methyl sites for hydroxylation is 1. The highest BCUT2D eigenvalue weighted by Gasteiger charge is 2.18. The normalized spacial score (nSPS) is 14.9. The van der Waals surface area contributed by atoms with Crippen LogP contribution in [-0.2, 0) is 11.3 Å². The second-order valence-electron chi connectivity index (χ2n) is 8.83. The van der Waals surface area contributed by atoms with Crippen LogP contribution in [0.25, 0.3) is 21.2 Å². The summed E-state index contributed by atoms with van der Waals surface area (Å²) in [6.45, 7) is 7.86. The molecule has 1 atom stereocenters. The Balaban J connectivity index is 1.43. The molecule has 0 aliphatic carbocycles. The number of anilines is 2. The summed E-state index contributed by atoms with van der Waals surface area (Å²) >= 11 is 1.67. The molecule has 3 heterocycles. The predicted molar refractivity (Wildman–Crippen MR) is 142 cm³/mol. The number of hydrogen-bond acceptors (Lipinski definition) is 7. The van der Waals surface area contributed by atoms with E-state index in [4.69, 9.17) is 4.74 Å². The summed E-state index contributed by atoms with van der Waals surface area (Å²) in [6.07, 6.45) is 0. The molecule has 0 radical (unpaired) electrons. The van der Waals surface area contributed by atoms with Gasteiger partial charge in [-0.1, -0.05) is 18.2 Å². The minimum absolute atomic E-state index is 0.0160. The quantitative estimate of drug-likeness (QED) is 0.354. The van der Waals surface area contributed by atoms with Crippen molar-refractivity contribution in [2.24, 2.45) is 0 Å². The standard InChI is InChI=1S/C27H30FN5OS/c1-17-20-8-7-19(33-11-13-34-14-12-33)15-22(20)27(32-31-17)30-18(2)25-9-10-26(35-25)21-5-4-6-24(28)23(21)16-29-3/h4-10,15,18,29H,11-14,16H2,1-3H3,(H,30,32). The summed E-state index contributed by atoms with van der Waals surface area (Å²) in [5, 5.41) is 17.7. The monoisotopic (exact) mass is 491 g/mol. The molecule has 0 saturated carbocycles. The Labute approximate surface area is 209 Å². The fourth-order valence-electron chi connectivity index (χ4n) is 4.55. The Kier molecular flexibility index (Phi) is 6.95. The number of halogens is 1. The van der Waals surface area contributed by atoms with Crippen molar-refractivity contribution >= 4 is 33.6 Å². The predicted octanol–water partition coefficient (Wildman–Crippen LogP) is 5.53. The van der Waals surface area contributed by atoms with Crippen molar-refractivity contribution < 1.29 is 9.13 Å². The molecule has 1 unspecified atom stereocenters. The maximum atomic E-state index is 14.5. The Hall–Kier alpha value is -3.07. The third-order valence-corrected chi connectivity index (χ3v) is 7.77. The topological polar surface area (TPSA) is 62.3 Å². The zero-order chi connectivity index (χ0) is 24.4. The smallest absolute Gasteiger partial charge is 0.157 e. The van der Waals surface area contributed by atoms with E-state index in [9.17, 15) is 4.39 Å². The number of thiophene rings is 1. The fraction of sp³-hybridized carbons (Fsp3) is 0.333. The molecule has 2 N–H and O–H groups in total. The Morgan fingerprint density at radius 2 is 1.91 bits per heavy atom. The largest absolute Gasteiger partial charge is 0.378 e. The van der Waals surface area contributed by atoms with Crippen LogP contribution in [-0.4, -0.2) is 43.5 Å². The molecule has 0 amide bonds. The number of benzene rings is 2. The van der Waals surface area contributed by atoms with Crippen molar-refractivity contribution in [1.82, 2.24) is 15.5 Å². The molecule has 0 bridgehead atoms. The lowest BCUT2D eigenvalue weighted by Crippen LogP contribution is -2.36. The van der Waals surface area contributed by atoms with Crippen LogP contribution in [0.4, 0.5) is 15.9 Å². The third kappa shape index (κ3) is 4.87. The maximum absolute atomic E-state index is 14.5. The van der Waals surface area contributed by atoms with E-state index in [1.54, 1.807) is 17.4 Å². The summed E-state index contributed by atoms with van der Waals surface area (Å²) in [6, 6.07) is 16.0. The molecular formula is C27H30FN5OS. The van der Waals surface area contributed by atoms with Crippen molar-refractivity contribution in [3.8, 4) is 10.4 Å². The summed E-state index contributed by atoms with van der Waals surface area (Å²) < 4.78 is 20.0. The first-order chi connectivity index (χ1) is 17.0. The SMILES string of the molecule is CNCc1c(F)cccc1-c1ccc(C(C)Nc2nnc(C)c3ccc(N4CCOCC4)cc23)s1. The first-order valence-corrected chi connectivity index (χ1v) is 12.7. The molecule has 6 nitrogen and oxygen atoms in total. The van der Waals surface area contributed by atoms with Gasteiger partial charge in [-0.25, -0.2) is 4.39 Å². The van der Waals surface area contributed by atoms with Gasteiger partial charge < -0.3 is 20.3 Å². The average Bonchev–Trinajstić information content (AvgIpc) is 3.38. The Morgan fingerprint density at radius 1 is 1.09 bits per heavy atom. The first kappa shape index (κ1) is 23.7. The summed E-state index contributed by atoms with van der Waals surface area (Å²) in [7, 11) is 1.83. The second kappa shape index (κ2) is 10.3. The minimum Gasteiger partial charge on any atom is -0.378 e. The van der Waals surface area contributed by atoms with E-state index in [1.807, 2.05) is 20.0 Å². The van der Waals surface area contributed by atoms with E-state index in [1.165, 1.54) is 11.8 Å². The van der Waals surface area contributed by atoms with Crippen LogP contribution in [0.15, 0.2) is 48.5 Å². The lowest BCUT2D eigenvalue weighted by atomic mass is 10.1. The molecule has 1 saturated heterocycles. The average molecular weight is 492 g/mol. The van der Waals surface area contributed by atoms with Crippen molar-refractivity contribution in [3.63, 3.8) is 0 Å². The summed E-state index contributed by atoms with van der Waals surface area (Å²) in [5.41, 5.74) is 3.70. The van der Waals surface area contributed by atoms with Gasteiger partial charge in [0.15, 0.2) is 5.82 Å². The number of nitrogens with one attached hydrogen (secondary N) is 2. The minimum atomic E-state index is -0.185. The van der Waals surface area contributed by atoms with Crippen molar-refractivity contribution in [3.05, 3.63) is 70.5 Å². The summed E-state index contributed by atoms with van der Waals surface area (Å²) in [4.78, 5) is 4.55. The van der Waals surface area contributed by atoms with Crippen LogP contribution < -0.4 is 15.5 Å². The lowest BCUT2D eigenvalue weighted by molar-refractivity contribution is 0.122.